The zero-order valence-electron chi connectivity index (χ0n) is 31.9. The van der Waals surface area contributed by atoms with Gasteiger partial charge in [0.2, 0.25) is 0 Å². The molecule has 0 aliphatic carbocycles. The van der Waals surface area contributed by atoms with Gasteiger partial charge in [-0.15, -0.1) is 0 Å². The third-order valence-corrected chi connectivity index (χ3v) is 10.1. The van der Waals surface area contributed by atoms with Crippen LogP contribution in [0.2, 0.25) is 0 Å². The summed E-state index contributed by atoms with van der Waals surface area (Å²) < 4.78 is 6.02. The SMILES string of the molecule is CCCCCCCCON1C(C)(C)CC(OC(=O)CCCC(=O)C2CC(C)(C)N(OCCCCCCCC)C(C)(C)C2)CC1(C)C. The van der Waals surface area contributed by atoms with Crippen molar-refractivity contribution in [3.63, 3.8) is 0 Å². The summed E-state index contributed by atoms with van der Waals surface area (Å²) in [5.41, 5.74) is -0.929. The number of rotatable bonds is 22. The summed E-state index contributed by atoms with van der Waals surface area (Å²) in [6.45, 7) is 23.5. The third-order valence-electron chi connectivity index (χ3n) is 10.1. The monoisotopic (exact) mass is 651 g/mol. The van der Waals surface area contributed by atoms with Gasteiger partial charge in [0.15, 0.2) is 0 Å². The fourth-order valence-electron chi connectivity index (χ4n) is 8.38. The smallest absolute Gasteiger partial charge is 0.306 e. The fraction of sp³-hybridized carbons (Fsp3) is 0.949. The predicted molar refractivity (Wildman–Crippen MR) is 189 cm³/mol. The molecule has 0 aromatic heterocycles. The van der Waals surface area contributed by atoms with Crippen LogP contribution in [0.15, 0.2) is 0 Å². The zero-order chi connectivity index (χ0) is 34.4. The molecule has 2 aliphatic heterocycles. The molecule has 2 saturated heterocycles. The molecule has 0 aromatic rings. The van der Waals surface area contributed by atoms with E-state index in [0.717, 1.165) is 51.7 Å². The number of carbonyl (C=O) groups excluding carboxylic acids is 2. The predicted octanol–water partition coefficient (Wildman–Crippen LogP) is 10.1. The van der Waals surface area contributed by atoms with Crippen LogP contribution >= 0.6 is 0 Å². The maximum Gasteiger partial charge on any atom is 0.306 e. The molecule has 2 fully saturated rings. The van der Waals surface area contributed by atoms with Crippen molar-refractivity contribution in [1.82, 2.24) is 10.1 Å². The lowest BCUT2D eigenvalue weighted by Crippen LogP contribution is -2.62. The summed E-state index contributed by atoms with van der Waals surface area (Å²) >= 11 is 0. The molecule has 0 unspecified atom stereocenters. The van der Waals surface area contributed by atoms with Gasteiger partial charge >= 0.3 is 5.97 Å². The van der Waals surface area contributed by atoms with E-state index in [1.807, 2.05) is 0 Å². The molecule has 0 saturated carbocycles. The summed E-state index contributed by atoms with van der Waals surface area (Å²) in [6, 6.07) is 0. The summed E-state index contributed by atoms with van der Waals surface area (Å²) in [4.78, 5) is 39.0. The number of unbranched alkanes of at least 4 members (excludes halogenated alkanes) is 10. The van der Waals surface area contributed by atoms with E-state index in [1.54, 1.807) is 0 Å². The van der Waals surface area contributed by atoms with Crippen LogP contribution in [0.1, 0.15) is 191 Å². The Labute approximate surface area is 284 Å². The van der Waals surface area contributed by atoms with Crippen molar-refractivity contribution in [2.75, 3.05) is 13.2 Å². The van der Waals surface area contributed by atoms with Crippen molar-refractivity contribution >= 4 is 11.8 Å². The Balaban J connectivity index is 1.76. The first-order valence-corrected chi connectivity index (χ1v) is 19.1. The lowest BCUT2D eigenvalue weighted by molar-refractivity contribution is -0.293. The van der Waals surface area contributed by atoms with E-state index >= 15 is 0 Å². The second kappa shape index (κ2) is 19.2. The first-order valence-electron chi connectivity index (χ1n) is 19.1. The number of Topliss-reactive ketones (excluding diaryl/α,β-unsaturated/α-hetero) is 1. The molecule has 2 aliphatic rings. The minimum atomic E-state index is -0.238. The van der Waals surface area contributed by atoms with Crippen LogP contribution in [0.3, 0.4) is 0 Å². The minimum Gasteiger partial charge on any atom is -0.462 e. The van der Waals surface area contributed by atoms with E-state index in [2.05, 4.69) is 79.4 Å². The Morgan fingerprint density at radius 2 is 0.935 bits per heavy atom. The largest absolute Gasteiger partial charge is 0.462 e. The number of hydrogen-bond acceptors (Lipinski definition) is 7. The lowest BCUT2D eigenvalue weighted by Gasteiger charge is -2.53. The number of carbonyl (C=O) groups is 2. The molecule has 0 N–H and O–H groups in total. The highest BCUT2D eigenvalue weighted by Crippen LogP contribution is 2.43. The van der Waals surface area contributed by atoms with E-state index in [1.165, 1.54) is 64.2 Å². The minimum absolute atomic E-state index is 0.0165. The molecule has 0 radical (unpaired) electrons. The van der Waals surface area contributed by atoms with Gasteiger partial charge < -0.3 is 4.74 Å². The number of esters is 1. The van der Waals surface area contributed by atoms with Crippen LogP contribution < -0.4 is 0 Å². The van der Waals surface area contributed by atoms with Crippen LogP contribution in [0.25, 0.3) is 0 Å². The highest BCUT2D eigenvalue weighted by Gasteiger charge is 2.49. The summed E-state index contributed by atoms with van der Waals surface area (Å²) in [7, 11) is 0. The second-order valence-electron chi connectivity index (χ2n) is 17.0. The van der Waals surface area contributed by atoms with Gasteiger partial charge in [-0.2, -0.15) is 10.1 Å². The van der Waals surface area contributed by atoms with Crippen molar-refractivity contribution < 1.29 is 24.0 Å². The van der Waals surface area contributed by atoms with Gasteiger partial charge in [-0.3, -0.25) is 19.3 Å². The molecule has 7 nitrogen and oxygen atoms in total. The van der Waals surface area contributed by atoms with E-state index < -0.39 is 0 Å². The molecule has 0 spiro atoms. The topological polar surface area (TPSA) is 68.3 Å². The summed E-state index contributed by atoms with van der Waals surface area (Å²) in [5.74, 6) is 0.0595. The van der Waals surface area contributed by atoms with Crippen LogP contribution in [0.4, 0.5) is 0 Å². The molecule has 2 heterocycles. The van der Waals surface area contributed by atoms with E-state index in [-0.39, 0.29) is 52.4 Å². The van der Waals surface area contributed by atoms with Crippen LogP contribution in [-0.4, -0.2) is 63.4 Å². The van der Waals surface area contributed by atoms with Gasteiger partial charge in [-0.25, -0.2) is 0 Å². The number of hydrogen-bond donors (Lipinski definition) is 0. The Morgan fingerprint density at radius 3 is 1.37 bits per heavy atom. The van der Waals surface area contributed by atoms with Crippen LogP contribution in [-0.2, 0) is 24.0 Å². The summed E-state index contributed by atoms with van der Waals surface area (Å²) in [6.07, 6.45) is 19.0. The number of hydroxylamine groups is 4. The van der Waals surface area contributed by atoms with Gasteiger partial charge in [-0.1, -0.05) is 78.1 Å². The van der Waals surface area contributed by atoms with E-state index in [9.17, 15) is 9.59 Å². The van der Waals surface area contributed by atoms with Gasteiger partial charge in [0, 0.05) is 53.8 Å². The first kappa shape index (κ1) is 41.2. The Hall–Kier alpha value is -1.02. The standard InChI is InChI=1S/C39H74N2O5/c1-11-13-15-17-19-21-26-44-40-36(3,4)28-32(29-37(40,5)6)34(42)24-23-25-35(43)46-33-30-38(7,8)41(39(9,10)31-33)45-27-22-20-18-16-14-12-2/h32-33H,11-31H2,1-10H3. The van der Waals surface area contributed by atoms with Crippen molar-refractivity contribution in [2.45, 2.75) is 219 Å². The quantitative estimate of drug-likeness (QED) is 0.0853. The average Bonchev–Trinajstić information content (AvgIpc) is 2.93. The number of nitrogens with zero attached hydrogens (tertiary/aromatic N) is 2. The summed E-state index contributed by atoms with van der Waals surface area (Å²) in [5, 5.41) is 4.32. The molecule has 7 heteroatoms. The van der Waals surface area contributed by atoms with Crippen LogP contribution in [0, 0.1) is 5.92 Å². The van der Waals surface area contributed by atoms with Gasteiger partial charge in [0.1, 0.15) is 11.9 Å². The molecule has 0 aromatic carbocycles. The Morgan fingerprint density at radius 1 is 0.543 bits per heavy atom. The van der Waals surface area contributed by atoms with Gasteiger partial charge in [-0.05, 0) is 87.5 Å². The number of ether oxygens (including phenoxy) is 1. The normalized spacial score (nSPS) is 21.8. The highest BCUT2D eigenvalue weighted by atomic mass is 16.7. The second-order valence-corrected chi connectivity index (χ2v) is 17.0. The fourth-order valence-corrected chi connectivity index (χ4v) is 8.38. The number of ketones is 1. The van der Waals surface area contributed by atoms with Crippen molar-refractivity contribution in [2.24, 2.45) is 5.92 Å². The van der Waals surface area contributed by atoms with Crippen LogP contribution in [0.5, 0.6) is 0 Å². The van der Waals surface area contributed by atoms with Crippen molar-refractivity contribution in [3.05, 3.63) is 0 Å². The Bertz CT molecular complexity index is 863. The maximum absolute atomic E-state index is 13.4. The van der Waals surface area contributed by atoms with Crippen molar-refractivity contribution in [3.8, 4) is 0 Å². The average molecular weight is 651 g/mol. The molecular weight excluding hydrogens is 576 g/mol. The molecule has 2 rings (SSSR count). The number of piperidine rings is 2. The van der Waals surface area contributed by atoms with Gasteiger partial charge in [0.25, 0.3) is 0 Å². The first-order chi connectivity index (χ1) is 21.6. The van der Waals surface area contributed by atoms with Crippen molar-refractivity contribution in [1.29, 1.82) is 0 Å². The highest BCUT2D eigenvalue weighted by molar-refractivity contribution is 5.82. The molecule has 0 amide bonds. The Kier molecular flexibility index (Phi) is 17.2. The van der Waals surface area contributed by atoms with E-state index in [4.69, 9.17) is 14.4 Å². The molecule has 46 heavy (non-hydrogen) atoms. The third kappa shape index (κ3) is 13.5. The van der Waals surface area contributed by atoms with Gasteiger partial charge in [0.05, 0.1) is 13.2 Å². The molecule has 0 bridgehead atoms. The molecule has 270 valence electrons. The molecule has 0 atom stereocenters. The lowest BCUT2D eigenvalue weighted by atomic mass is 9.73. The zero-order valence-corrected chi connectivity index (χ0v) is 31.9. The van der Waals surface area contributed by atoms with E-state index in [0.29, 0.717) is 12.8 Å². The molecular formula is C39H74N2O5. The maximum atomic E-state index is 13.4.